The zero-order valence-electron chi connectivity index (χ0n) is 20.6. The van der Waals surface area contributed by atoms with E-state index in [1.807, 2.05) is 24.4 Å². The first-order valence-corrected chi connectivity index (χ1v) is 12.8. The van der Waals surface area contributed by atoms with Crippen LogP contribution < -0.4 is 10.2 Å². The predicted molar refractivity (Wildman–Crippen MR) is 148 cm³/mol. The topological polar surface area (TPSA) is 51.4 Å². The number of ether oxygens (including phenoxy) is 1. The van der Waals surface area contributed by atoms with Gasteiger partial charge in [-0.15, -0.1) is 0 Å². The summed E-state index contributed by atoms with van der Waals surface area (Å²) in [5.74, 6) is 1.42. The van der Waals surface area contributed by atoms with Gasteiger partial charge >= 0.3 is 0 Å². The van der Waals surface area contributed by atoms with Crippen molar-refractivity contribution in [2.75, 3.05) is 12.0 Å². The largest absolute Gasteiger partial charge is 0.492 e. The lowest BCUT2D eigenvalue weighted by atomic mass is 10.0. The quantitative estimate of drug-likeness (QED) is 0.184. The van der Waals surface area contributed by atoms with Gasteiger partial charge in [0.15, 0.2) is 0 Å². The maximum Gasteiger partial charge on any atom is 0.204 e. The summed E-state index contributed by atoms with van der Waals surface area (Å²) in [6.45, 7) is 10.0. The van der Waals surface area contributed by atoms with E-state index in [0.29, 0.717) is 12.5 Å². The average Bonchev–Trinajstić information content (AvgIpc) is 3.38. The molecule has 0 aliphatic heterocycles. The van der Waals surface area contributed by atoms with Gasteiger partial charge in [0.05, 0.1) is 23.0 Å². The second-order valence-corrected chi connectivity index (χ2v) is 10.1. The zero-order chi connectivity index (χ0) is 24.4. The monoisotopic (exact) mass is 482 g/mol. The number of benzene rings is 3. The minimum absolute atomic E-state index is 0.519. The van der Waals surface area contributed by atoms with Crippen LogP contribution in [0.2, 0.25) is 0 Å². The van der Waals surface area contributed by atoms with Gasteiger partial charge in [0.2, 0.25) is 5.13 Å². The number of hydrazone groups is 1. The summed E-state index contributed by atoms with van der Waals surface area (Å²) in [7, 11) is 0. The van der Waals surface area contributed by atoms with E-state index < -0.39 is 0 Å². The molecule has 0 radical (unpaired) electrons. The summed E-state index contributed by atoms with van der Waals surface area (Å²) in [5, 5.41) is 6.52. The molecule has 5 rings (SSSR count). The van der Waals surface area contributed by atoms with Gasteiger partial charge < -0.3 is 9.30 Å². The van der Waals surface area contributed by atoms with Crippen LogP contribution in [-0.2, 0) is 6.54 Å². The van der Waals surface area contributed by atoms with Gasteiger partial charge in [-0.2, -0.15) is 5.10 Å². The second kappa shape index (κ2) is 9.92. The molecule has 2 heterocycles. The van der Waals surface area contributed by atoms with Crippen LogP contribution in [0, 0.1) is 13.8 Å². The number of hydrogen-bond donors (Lipinski definition) is 1. The molecule has 6 heteroatoms. The molecular formula is C29H30N4OS. The maximum atomic E-state index is 6.08. The van der Waals surface area contributed by atoms with E-state index in [-0.39, 0.29) is 0 Å². The van der Waals surface area contributed by atoms with Gasteiger partial charge in [0, 0.05) is 22.2 Å². The first kappa shape index (κ1) is 23.1. The van der Waals surface area contributed by atoms with E-state index in [9.17, 15) is 0 Å². The highest BCUT2D eigenvalue weighted by atomic mass is 32.1. The number of para-hydroxylation sites is 1. The summed E-state index contributed by atoms with van der Waals surface area (Å²) >= 11 is 1.60. The van der Waals surface area contributed by atoms with Crippen molar-refractivity contribution < 1.29 is 4.74 Å². The Morgan fingerprint density at radius 3 is 2.63 bits per heavy atom. The van der Waals surface area contributed by atoms with E-state index in [1.165, 1.54) is 27.7 Å². The third-order valence-corrected chi connectivity index (χ3v) is 7.25. The van der Waals surface area contributed by atoms with E-state index in [2.05, 4.69) is 96.3 Å². The minimum atomic E-state index is 0.519. The van der Waals surface area contributed by atoms with Gasteiger partial charge in [-0.05, 0) is 61.7 Å². The van der Waals surface area contributed by atoms with E-state index >= 15 is 0 Å². The lowest BCUT2D eigenvalue weighted by molar-refractivity contribution is 0.299. The van der Waals surface area contributed by atoms with Crippen LogP contribution in [-0.4, -0.2) is 22.4 Å². The van der Waals surface area contributed by atoms with Crippen LogP contribution in [0.3, 0.4) is 0 Å². The van der Waals surface area contributed by atoms with Gasteiger partial charge in [-0.25, -0.2) is 4.98 Å². The Hall–Kier alpha value is -3.64. The van der Waals surface area contributed by atoms with Crippen molar-refractivity contribution >= 4 is 43.8 Å². The number of aromatic nitrogens is 2. The fourth-order valence-corrected chi connectivity index (χ4v) is 5.16. The normalized spacial score (nSPS) is 11.8. The molecule has 0 saturated carbocycles. The van der Waals surface area contributed by atoms with Crippen LogP contribution in [0.15, 0.2) is 71.8 Å². The number of nitrogens with one attached hydrogen (secondary N) is 1. The van der Waals surface area contributed by atoms with Crippen LogP contribution >= 0.6 is 11.3 Å². The molecule has 3 aromatic carbocycles. The Labute approximate surface area is 210 Å². The van der Waals surface area contributed by atoms with Crippen molar-refractivity contribution in [2.24, 2.45) is 5.10 Å². The maximum absolute atomic E-state index is 6.08. The Balaban J connectivity index is 1.35. The molecule has 0 saturated heterocycles. The van der Waals surface area contributed by atoms with E-state index in [4.69, 9.17) is 4.74 Å². The van der Waals surface area contributed by atoms with Crippen LogP contribution in [0.5, 0.6) is 5.75 Å². The highest BCUT2D eigenvalue weighted by molar-refractivity contribution is 7.22. The van der Waals surface area contributed by atoms with Crippen LogP contribution in [0.25, 0.3) is 21.1 Å². The highest BCUT2D eigenvalue weighted by Gasteiger charge is 2.13. The van der Waals surface area contributed by atoms with Crippen LogP contribution in [0.1, 0.15) is 42.1 Å². The Morgan fingerprint density at radius 1 is 1.06 bits per heavy atom. The molecule has 0 atom stereocenters. The summed E-state index contributed by atoms with van der Waals surface area (Å²) in [6.07, 6.45) is 1.91. The average molecular weight is 483 g/mol. The molecule has 0 aliphatic carbocycles. The Kier molecular flexibility index (Phi) is 6.55. The molecule has 0 spiro atoms. The van der Waals surface area contributed by atoms with Crippen molar-refractivity contribution in [1.82, 2.24) is 9.55 Å². The molecule has 35 heavy (non-hydrogen) atoms. The standard InChI is InChI=1S/C29H30N4OS/c1-19(2)22-10-12-23(13-11-22)34-16-15-33-21(4)25(24-17-20(3)9-14-27(24)33)18-30-32-29-31-26-7-5-6-8-28(26)35-29/h5-14,17-19H,15-16H2,1-4H3,(H,31,32)/b30-18-. The number of hydrogen-bond acceptors (Lipinski definition) is 5. The number of aryl methyl sites for hydroxylation is 1. The Bertz CT molecular complexity index is 1460. The van der Waals surface area contributed by atoms with Crippen molar-refractivity contribution in [3.63, 3.8) is 0 Å². The number of thiazole rings is 1. The second-order valence-electron chi connectivity index (χ2n) is 9.10. The first-order chi connectivity index (χ1) is 17.0. The van der Waals surface area contributed by atoms with Crippen molar-refractivity contribution in [1.29, 1.82) is 0 Å². The molecule has 5 nitrogen and oxygen atoms in total. The SMILES string of the molecule is Cc1ccc2c(c1)c(/C=N\Nc1nc3ccccc3s1)c(C)n2CCOc1ccc(C(C)C)cc1. The number of rotatable bonds is 8. The van der Waals surface area contributed by atoms with Gasteiger partial charge in [-0.3, -0.25) is 5.43 Å². The summed E-state index contributed by atoms with van der Waals surface area (Å²) in [6, 6.07) is 23.1. The summed E-state index contributed by atoms with van der Waals surface area (Å²) in [5.41, 5.74) is 10.1. The molecular weight excluding hydrogens is 452 g/mol. The van der Waals surface area contributed by atoms with Gasteiger partial charge in [0.1, 0.15) is 12.4 Å². The molecule has 0 bridgehead atoms. The fraction of sp³-hybridized carbons (Fsp3) is 0.241. The van der Waals surface area contributed by atoms with Gasteiger partial charge in [0.25, 0.3) is 0 Å². The Morgan fingerprint density at radius 2 is 1.86 bits per heavy atom. The summed E-state index contributed by atoms with van der Waals surface area (Å²) in [4.78, 5) is 4.60. The molecule has 5 aromatic rings. The smallest absolute Gasteiger partial charge is 0.204 e. The molecule has 0 fully saturated rings. The fourth-order valence-electron chi connectivity index (χ4n) is 4.35. The van der Waals surface area contributed by atoms with Crippen molar-refractivity contribution in [2.45, 2.75) is 40.2 Å². The number of fused-ring (bicyclic) bond motifs is 2. The third-order valence-electron chi connectivity index (χ3n) is 6.31. The predicted octanol–water partition coefficient (Wildman–Crippen LogP) is 7.52. The van der Waals surface area contributed by atoms with Gasteiger partial charge in [-0.1, -0.05) is 61.1 Å². The van der Waals surface area contributed by atoms with E-state index in [0.717, 1.165) is 33.2 Å². The molecule has 0 unspecified atom stereocenters. The lowest BCUT2D eigenvalue weighted by Gasteiger charge is -2.11. The zero-order valence-corrected chi connectivity index (χ0v) is 21.4. The van der Waals surface area contributed by atoms with Crippen molar-refractivity contribution in [3.05, 3.63) is 89.1 Å². The molecule has 1 N–H and O–H groups in total. The minimum Gasteiger partial charge on any atom is -0.492 e. The molecule has 0 amide bonds. The van der Waals surface area contributed by atoms with Crippen LogP contribution in [0.4, 0.5) is 5.13 Å². The van der Waals surface area contributed by atoms with Crippen molar-refractivity contribution in [3.8, 4) is 5.75 Å². The molecule has 0 aliphatic rings. The highest BCUT2D eigenvalue weighted by Crippen LogP contribution is 2.28. The summed E-state index contributed by atoms with van der Waals surface area (Å²) < 4.78 is 9.54. The molecule has 178 valence electrons. The number of anilines is 1. The first-order valence-electron chi connectivity index (χ1n) is 12.0. The molecule has 2 aromatic heterocycles. The lowest BCUT2D eigenvalue weighted by Crippen LogP contribution is -2.09. The number of nitrogens with zero attached hydrogens (tertiary/aromatic N) is 3. The van der Waals surface area contributed by atoms with E-state index in [1.54, 1.807) is 11.3 Å². The third kappa shape index (κ3) is 4.93.